The highest BCUT2D eigenvalue weighted by molar-refractivity contribution is 5.94. The summed E-state index contributed by atoms with van der Waals surface area (Å²) in [7, 11) is 0. The normalized spacial score (nSPS) is 18.3. The number of nitrogens with zero attached hydrogens (tertiary/aromatic N) is 3. The fourth-order valence-electron chi connectivity index (χ4n) is 2.77. The van der Waals surface area contributed by atoms with Gasteiger partial charge < -0.3 is 10.6 Å². The fourth-order valence-corrected chi connectivity index (χ4v) is 2.77. The molecule has 126 valence electrons. The van der Waals surface area contributed by atoms with E-state index < -0.39 is 0 Å². The van der Waals surface area contributed by atoms with Gasteiger partial charge in [-0.2, -0.15) is 5.10 Å². The maximum atomic E-state index is 12.3. The second-order valence-corrected chi connectivity index (χ2v) is 6.16. The molecule has 1 aliphatic carbocycles. The van der Waals surface area contributed by atoms with Crippen LogP contribution in [0.5, 0.6) is 0 Å². The summed E-state index contributed by atoms with van der Waals surface area (Å²) in [6.45, 7) is 2.78. The lowest BCUT2D eigenvalue weighted by Gasteiger charge is -2.21. The molecule has 0 spiro atoms. The van der Waals surface area contributed by atoms with Crippen LogP contribution >= 0.6 is 0 Å². The van der Waals surface area contributed by atoms with Gasteiger partial charge in [-0.1, -0.05) is 12.2 Å². The van der Waals surface area contributed by atoms with Crippen LogP contribution in [0, 0.1) is 5.92 Å². The van der Waals surface area contributed by atoms with Crippen LogP contribution in [-0.2, 0) is 4.79 Å². The second-order valence-electron chi connectivity index (χ2n) is 6.16. The van der Waals surface area contributed by atoms with E-state index in [2.05, 4.69) is 32.9 Å². The van der Waals surface area contributed by atoms with E-state index in [4.69, 9.17) is 0 Å². The van der Waals surface area contributed by atoms with Crippen LogP contribution < -0.4 is 10.6 Å². The number of rotatable bonds is 6. The third-order valence-corrected chi connectivity index (χ3v) is 4.30. The van der Waals surface area contributed by atoms with Gasteiger partial charge in [-0.15, -0.1) is 0 Å². The zero-order valence-electron chi connectivity index (χ0n) is 13.9. The zero-order chi connectivity index (χ0) is 16.8. The van der Waals surface area contributed by atoms with E-state index in [0.717, 1.165) is 30.8 Å². The molecule has 0 saturated carbocycles. The van der Waals surface area contributed by atoms with Gasteiger partial charge in [0.05, 0.1) is 11.7 Å². The molecule has 3 rings (SSSR count). The van der Waals surface area contributed by atoms with Gasteiger partial charge in [0.1, 0.15) is 12.7 Å². The monoisotopic (exact) mass is 325 g/mol. The molecular formula is C18H23N5O. The van der Waals surface area contributed by atoms with Crippen molar-refractivity contribution in [2.75, 3.05) is 11.9 Å². The number of hydrogen-bond acceptors (Lipinski definition) is 4. The maximum Gasteiger partial charge on any atom is 0.241 e. The topological polar surface area (TPSA) is 71.8 Å². The second kappa shape index (κ2) is 7.88. The molecule has 2 atom stereocenters. The van der Waals surface area contributed by atoms with Crippen molar-refractivity contribution in [3.05, 3.63) is 49.1 Å². The minimum absolute atomic E-state index is 0.0187. The van der Waals surface area contributed by atoms with Crippen molar-refractivity contribution >= 4 is 11.6 Å². The van der Waals surface area contributed by atoms with E-state index in [1.165, 1.54) is 12.7 Å². The largest absolute Gasteiger partial charge is 0.325 e. The third kappa shape index (κ3) is 4.29. The van der Waals surface area contributed by atoms with E-state index in [9.17, 15) is 4.79 Å². The molecule has 0 unspecified atom stereocenters. The number of anilines is 1. The Morgan fingerprint density at radius 3 is 2.83 bits per heavy atom. The van der Waals surface area contributed by atoms with Crippen LogP contribution in [0.1, 0.15) is 26.2 Å². The summed E-state index contributed by atoms with van der Waals surface area (Å²) in [4.78, 5) is 16.2. The number of benzene rings is 1. The quantitative estimate of drug-likeness (QED) is 0.801. The SMILES string of the molecule is C[C@@H](NC[C@H]1CC=CCC1)C(=O)Nc1ccc(-n2cncn2)cc1. The standard InChI is InChI=1S/C18H23N5O/c1-14(20-11-15-5-3-2-4-6-15)18(24)22-16-7-9-17(10-8-16)23-13-19-12-21-23/h2-3,7-10,12-15,20H,4-6,11H2,1H3,(H,22,24)/t14-,15+/m1/s1. The van der Waals surface area contributed by atoms with Crippen LogP contribution in [0.4, 0.5) is 5.69 Å². The average Bonchev–Trinajstić information content (AvgIpc) is 3.16. The number of nitrogens with one attached hydrogen (secondary N) is 2. The fraction of sp³-hybridized carbons (Fsp3) is 0.389. The van der Waals surface area contributed by atoms with Gasteiger partial charge in [0.2, 0.25) is 5.91 Å². The molecule has 1 aromatic carbocycles. The number of carbonyl (C=O) groups is 1. The Morgan fingerprint density at radius 1 is 1.33 bits per heavy atom. The predicted molar refractivity (Wildman–Crippen MR) is 93.9 cm³/mol. The molecule has 2 aromatic rings. The molecule has 1 amide bonds. The predicted octanol–water partition coefficient (Wildman–Crippen LogP) is 2.54. The van der Waals surface area contributed by atoms with Gasteiger partial charge in [0.15, 0.2) is 0 Å². The van der Waals surface area contributed by atoms with Crippen molar-refractivity contribution in [1.29, 1.82) is 0 Å². The van der Waals surface area contributed by atoms with Crippen molar-refractivity contribution in [1.82, 2.24) is 20.1 Å². The Morgan fingerprint density at radius 2 is 2.17 bits per heavy atom. The summed E-state index contributed by atoms with van der Waals surface area (Å²) < 4.78 is 1.68. The summed E-state index contributed by atoms with van der Waals surface area (Å²) in [6, 6.07) is 7.32. The van der Waals surface area contributed by atoms with Crippen LogP contribution in [0.3, 0.4) is 0 Å². The first-order valence-corrected chi connectivity index (χ1v) is 8.36. The lowest BCUT2D eigenvalue weighted by molar-refractivity contribution is -0.117. The molecular weight excluding hydrogens is 302 g/mol. The Kier molecular flexibility index (Phi) is 5.38. The van der Waals surface area contributed by atoms with E-state index in [1.807, 2.05) is 31.2 Å². The highest BCUT2D eigenvalue weighted by Gasteiger charge is 2.16. The molecule has 1 heterocycles. The minimum atomic E-state index is -0.217. The van der Waals surface area contributed by atoms with Gasteiger partial charge in [-0.3, -0.25) is 4.79 Å². The molecule has 2 N–H and O–H groups in total. The average molecular weight is 325 g/mol. The maximum absolute atomic E-state index is 12.3. The molecule has 0 radical (unpaired) electrons. The highest BCUT2D eigenvalue weighted by atomic mass is 16.2. The van der Waals surface area contributed by atoms with Gasteiger partial charge >= 0.3 is 0 Å². The summed E-state index contributed by atoms with van der Waals surface area (Å²) in [5, 5.41) is 10.4. The van der Waals surface area contributed by atoms with Crippen LogP contribution in [0.2, 0.25) is 0 Å². The lowest BCUT2D eigenvalue weighted by atomic mass is 9.94. The molecule has 0 aliphatic heterocycles. The molecule has 1 aliphatic rings. The summed E-state index contributed by atoms with van der Waals surface area (Å²) >= 11 is 0. The van der Waals surface area contributed by atoms with Crippen molar-refractivity contribution in [3.63, 3.8) is 0 Å². The third-order valence-electron chi connectivity index (χ3n) is 4.30. The molecule has 6 nitrogen and oxygen atoms in total. The Bertz CT molecular complexity index is 678. The van der Waals surface area contributed by atoms with Gasteiger partial charge in [-0.05, 0) is 62.9 Å². The zero-order valence-corrected chi connectivity index (χ0v) is 13.9. The van der Waals surface area contributed by atoms with E-state index in [0.29, 0.717) is 5.92 Å². The Labute approximate surface area is 142 Å². The highest BCUT2D eigenvalue weighted by Crippen LogP contribution is 2.17. The van der Waals surface area contributed by atoms with E-state index >= 15 is 0 Å². The molecule has 0 saturated heterocycles. The van der Waals surface area contributed by atoms with Crippen LogP contribution in [0.25, 0.3) is 5.69 Å². The van der Waals surface area contributed by atoms with Crippen molar-refractivity contribution in [2.45, 2.75) is 32.2 Å². The van der Waals surface area contributed by atoms with E-state index in [1.54, 1.807) is 11.0 Å². The number of hydrogen-bond donors (Lipinski definition) is 2. The lowest BCUT2D eigenvalue weighted by Crippen LogP contribution is -2.40. The Hall–Kier alpha value is -2.47. The first-order valence-electron chi connectivity index (χ1n) is 8.36. The summed E-state index contributed by atoms with van der Waals surface area (Å²) in [6.07, 6.45) is 11.0. The van der Waals surface area contributed by atoms with Crippen LogP contribution in [-0.4, -0.2) is 33.3 Å². The number of allylic oxidation sites excluding steroid dienone is 2. The molecule has 0 bridgehead atoms. The molecule has 0 fully saturated rings. The van der Waals surface area contributed by atoms with Crippen LogP contribution in [0.15, 0.2) is 49.1 Å². The number of aromatic nitrogens is 3. The molecule has 1 aromatic heterocycles. The van der Waals surface area contributed by atoms with Crippen molar-refractivity contribution in [3.8, 4) is 5.69 Å². The smallest absolute Gasteiger partial charge is 0.241 e. The van der Waals surface area contributed by atoms with Crippen molar-refractivity contribution < 1.29 is 4.79 Å². The van der Waals surface area contributed by atoms with E-state index in [-0.39, 0.29) is 11.9 Å². The van der Waals surface area contributed by atoms with Gasteiger partial charge in [0, 0.05) is 5.69 Å². The van der Waals surface area contributed by atoms with Crippen molar-refractivity contribution in [2.24, 2.45) is 5.92 Å². The summed E-state index contributed by atoms with van der Waals surface area (Å²) in [5.74, 6) is 0.613. The number of amides is 1. The van der Waals surface area contributed by atoms with Gasteiger partial charge in [0.25, 0.3) is 0 Å². The summed E-state index contributed by atoms with van der Waals surface area (Å²) in [5.41, 5.74) is 1.68. The minimum Gasteiger partial charge on any atom is -0.325 e. The molecule has 24 heavy (non-hydrogen) atoms. The first-order chi connectivity index (χ1) is 11.7. The first kappa shape index (κ1) is 16.4. The number of carbonyl (C=O) groups excluding carboxylic acids is 1. The van der Waals surface area contributed by atoms with Gasteiger partial charge in [-0.25, -0.2) is 9.67 Å². The Balaban J connectivity index is 1.49. The molecule has 6 heteroatoms.